The molecule has 0 unspecified atom stereocenters. The second-order valence-corrected chi connectivity index (χ2v) is 11.7. The van der Waals surface area contributed by atoms with Crippen molar-refractivity contribution >= 4 is 65.4 Å². The number of fused-ring (bicyclic) bond motifs is 9. The molecule has 3 aromatic heterocycles. The van der Waals surface area contributed by atoms with Gasteiger partial charge in [0.2, 0.25) is 0 Å². The van der Waals surface area contributed by atoms with E-state index in [1.807, 2.05) is 36.4 Å². The van der Waals surface area contributed by atoms with E-state index < -0.39 is 12.1 Å². The van der Waals surface area contributed by atoms with E-state index in [0.29, 0.717) is 5.69 Å². The fourth-order valence-electron chi connectivity index (χ4n) is 7.20. The zero-order valence-corrected chi connectivity index (χ0v) is 24.8. The fourth-order valence-corrected chi connectivity index (χ4v) is 7.20. The number of rotatable bonds is 3. The van der Waals surface area contributed by atoms with E-state index in [1.165, 1.54) is 0 Å². The minimum Gasteiger partial charge on any atom is -0.309 e. The number of aromatic nitrogens is 3. The minimum atomic E-state index is -0.400. The van der Waals surface area contributed by atoms with Crippen LogP contribution in [0.25, 0.3) is 82.5 Å². The average Bonchev–Trinajstić information content (AvgIpc) is 3.84. The van der Waals surface area contributed by atoms with Crippen molar-refractivity contribution in [1.82, 2.24) is 13.7 Å². The maximum absolute atomic E-state index is 9.07. The largest absolute Gasteiger partial charge is 0.309 e. The van der Waals surface area contributed by atoms with Gasteiger partial charge in [-0.25, -0.2) is 0 Å². The summed E-state index contributed by atoms with van der Waals surface area (Å²) in [6.07, 6.45) is 0. The quantitative estimate of drug-likeness (QED) is 0.193. The van der Waals surface area contributed by atoms with Gasteiger partial charge in [-0.15, -0.1) is 0 Å². The smallest absolute Gasteiger partial charge is 0.0645 e. The van der Waals surface area contributed by atoms with E-state index in [4.69, 9.17) is 9.60 Å². The Bertz CT molecular complexity index is 3130. The summed E-state index contributed by atoms with van der Waals surface area (Å²) < 4.78 is 67.8. The molecule has 46 heavy (non-hydrogen) atoms. The maximum Gasteiger partial charge on any atom is 0.0645 e. The summed E-state index contributed by atoms with van der Waals surface area (Å²) in [5.74, 6) is 0. The molecule has 0 aliphatic heterocycles. The molecule has 0 saturated heterocycles. The van der Waals surface area contributed by atoms with Crippen LogP contribution in [0.2, 0.25) is 0 Å². The Hall–Kier alpha value is -6.06. The molecule has 0 bridgehead atoms. The van der Waals surface area contributed by atoms with Gasteiger partial charge in [-0.3, -0.25) is 0 Å². The van der Waals surface area contributed by atoms with E-state index in [0.717, 1.165) is 55.0 Å². The van der Waals surface area contributed by atoms with Crippen LogP contribution in [0.3, 0.4) is 0 Å². The van der Waals surface area contributed by atoms with Crippen LogP contribution in [-0.4, -0.2) is 13.7 Å². The Balaban J connectivity index is 1.28. The molecule has 0 saturated carbocycles. The van der Waals surface area contributed by atoms with Gasteiger partial charge in [0.05, 0.1) is 42.7 Å². The van der Waals surface area contributed by atoms with Crippen LogP contribution in [0.4, 0.5) is 0 Å². The summed E-state index contributed by atoms with van der Waals surface area (Å²) in [4.78, 5) is 0. The van der Waals surface area contributed by atoms with Crippen molar-refractivity contribution in [3.05, 3.63) is 163 Å². The fraction of sp³-hybridized carbons (Fsp3) is 0.0233. The Labute approximate surface area is 275 Å². The van der Waals surface area contributed by atoms with Crippen molar-refractivity contribution in [2.24, 2.45) is 0 Å². The predicted octanol–water partition coefficient (Wildman–Crippen LogP) is 11.3. The molecule has 0 atom stereocenters. The first-order valence-electron chi connectivity index (χ1n) is 18.8. The first-order valence-corrected chi connectivity index (χ1v) is 15.3. The lowest BCUT2D eigenvalue weighted by Crippen LogP contribution is -1.96. The molecule has 7 aromatic carbocycles. The van der Waals surface area contributed by atoms with Crippen molar-refractivity contribution in [2.45, 2.75) is 6.92 Å². The van der Waals surface area contributed by atoms with E-state index in [1.54, 1.807) is 11.5 Å². The highest BCUT2D eigenvalue weighted by Crippen LogP contribution is 2.39. The highest BCUT2D eigenvalue weighted by atomic mass is 15.0. The van der Waals surface area contributed by atoms with Gasteiger partial charge in [-0.05, 0) is 85.7 Å². The van der Waals surface area contributed by atoms with Crippen molar-refractivity contribution in [3.8, 4) is 17.1 Å². The van der Waals surface area contributed by atoms with Crippen LogP contribution < -0.4 is 0 Å². The SMILES string of the molecule is [2H]c1c([2H])c([2H])c2c(c1[2H])c1c([2H])c(C)c([2H])c([2H])c1n2-c1ccc2c(c1)c1ccccc1n2-c1ccc2c(c1)c1ccccc1n2-c1ccccc1. The molecule has 0 radical (unpaired) electrons. The zero-order valence-electron chi connectivity index (χ0n) is 31.8. The van der Waals surface area contributed by atoms with Gasteiger partial charge in [0.15, 0.2) is 0 Å². The molecule has 216 valence electrons. The third-order valence-corrected chi connectivity index (χ3v) is 9.13. The van der Waals surface area contributed by atoms with Crippen molar-refractivity contribution in [1.29, 1.82) is 0 Å². The summed E-state index contributed by atoms with van der Waals surface area (Å²) >= 11 is 0. The normalized spacial score (nSPS) is 14.2. The lowest BCUT2D eigenvalue weighted by molar-refractivity contribution is 1.16. The second-order valence-electron chi connectivity index (χ2n) is 11.7. The van der Waals surface area contributed by atoms with E-state index in [9.17, 15) is 0 Å². The summed E-state index contributed by atoms with van der Waals surface area (Å²) in [6.45, 7) is 1.61. The highest BCUT2D eigenvalue weighted by Gasteiger charge is 2.18. The molecular formula is C43H29N3. The zero-order chi connectivity index (χ0) is 36.4. The van der Waals surface area contributed by atoms with Gasteiger partial charge in [0.25, 0.3) is 0 Å². The first kappa shape index (κ1) is 19.4. The van der Waals surface area contributed by atoms with Crippen LogP contribution in [0.1, 0.15) is 15.2 Å². The highest BCUT2D eigenvalue weighted by molar-refractivity contribution is 6.14. The topological polar surface area (TPSA) is 14.8 Å². The molecule has 3 heterocycles. The first-order chi connectivity index (χ1) is 25.7. The number of hydrogen-bond acceptors (Lipinski definition) is 0. The van der Waals surface area contributed by atoms with Gasteiger partial charge >= 0.3 is 0 Å². The predicted molar refractivity (Wildman–Crippen MR) is 194 cm³/mol. The van der Waals surface area contributed by atoms with E-state index in [2.05, 4.69) is 88.0 Å². The standard InChI is InChI=1S/C43H29N3/c1-28-19-22-41-35(25-28)32-13-5-9-17-39(32)45(41)30-21-24-43-37(27-30)34-15-7-10-18-40(34)46(43)31-20-23-42-36(26-31)33-14-6-8-16-38(33)44(42)29-11-3-2-4-12-29/h2-27H,1H3/i5D,9D,13D,17D,19D,22D,25D. The molecule has 3 nitrogen and oxygen atoms in total. The summed E-state index contributed by atoms with van der Waals surface area (Å²) in [6, 6.07) is 37.8. The molecule has 0 aliphatic carbocycles. The lowest BCUT2D eigenvalue weighted by atomic mass is 10.1. The third kappa shape index (κ3) is 3.48. The number of hydrogen-bond donors (Lipinski definition) is 0. The third-order valence-electron chi connectivity index (χ3n) is 9.13. The van der Waals surface area contributed by atoms with Crippen molar-refractivity contribution < 1.29 is 9.60 Å². The number of para-hydroxylation sites is 4. The Morgan fingerprint density at radius 3 is 1.59 bits per heavy atom. The van der Waals surface area contributed by atoms with Crippen LogP contribution >= 0.6 is 0 Å². The maximum atomic E-state index is 9.07. The van der Waals surface area contributed by atoms with E-state index in [-0.39, 0.29) is 57.6 Å². The summed E-state index contributed by atoms with van der Waals surface area (Å²) in [5, 5.41) is 4.60. The van der Waals surface area contributed by atoms with Crippen LogP contribution in [-0.2, 0) is 0 Å². The lowest BCUT2D eigenvalue weighted by Gasteiger charge is -2.11. The molecule has 0 N–H and O–H groups in total. The monoisotopic (exact) mass is 594 g/mol. The van der Waals surface area contributed by atoms with Crippen LogP contribution in [0.5, 0.6) is 0 Å². The number of benzene rings is 7. The van der Waals surface area contributed by atoms with Crippen molar-refractivity contribution in [3.63, 3.8) is 0 Å². The van der Waals surface area contributed by atoms with Crippen LogP contribution in [0.15, 0.2) is 158 Å². The Morgan fingerprint density at radius 2 is 0.913 bits per heavy atom. The second kappa shape index (κ2) is 9.47. The molecule has 10 rings (SSSR count). The average molecular weight is 595 g/mol. The Kier molecular flexibility index (Phi) is 3.98. The van der Waals surface area contributed by atoms with Gasteiger partial charge in [0, 0.05) is 49.4 Å². The molecular weight excluding hydrogens is 558 g/mol. The van der Waals surface area contributed by atoms with Crippen LogP contribution in [0, 0.1) is 6.92 Å². The van der Waals surface area contributed by atoms with Gasteiger partial charge in [-0.2, -0.15) is 0 Å². The Morgan fingerprint density at radius 1 is 0.391 bits per heavy atom. The molecule has 0 amide bonds. The van der Waals surface area contributed by atoms with E-state index >= 15 is 0 Å². The molecule has 10 aromatic rings. The molecule has 0 aliphatic rings. The van der Waals surface area contributed by atoms with Gasteiger partial charge in [0.1, 0.15) is 0 Å². The summed E-state index contributed by atoms with van der Waals surface area (Å²) in [5.41, 5.74) is 7.49. The van der Waals surface area contributed by atoms with Gasteiger partial charge < -0.3 is 13.7 Å². The molecule has 0 fully saturated rings. The molecule has 3 heteroatoms. The number of nitrogens with zero attached hydrogens (tertiary/aromatic N) is 3. The van der Waals surface area contributed by atoms with Gasteiger partial charge in [-0.1, -0.05) is 84.3 Å². The summed E-state index contributed by atoms with van der Waals surface area (Å²) in [7, 11) is 0. The minimum absolute atomic E-state index is 0.0172. The molecule has 0 spiro atoms. The van der Waals surface area contributed by atoms with Crippen molar-refractivity contribution in [2.75, 3.05) is 0 Å².